The quantitative estimate of drug-likeness (QED) is 0.784. The molecule has 0 N–H and O–H groups in total. The van der Waals surface area contributed by atoms with E-state index in [-0.39, 0.29) is 23.6 Å². The maximum atomic E-state index is 13.5. The van der Waals surface area contributed by atoms with E-state index >= 15 is 0 Å². The summed E-state index contributed by atoms with van der Waals surface area (Å²) in [5.74, 6) is -0.756. The molecule has 2 aromatic rings. The van der Waals surface area contributed by atoms with Gasteiger partial charge in [-0.1, -0.05) is 44.2 Å². The summed E-state index contributed by atoms with van der Waals surface area (Å²) >= 11 is 0. The van der Waals surface area contributed by atoms with Gasteiger partial charge in [0.05, 0.1) is 11.1 Å². The van der Waals surface area contributed by atoms with Crippen molar-refractivity contribution in [1.82, 2.24) is 4.90 Å². The molecule has 3 amide bonds. The number of para-hydroxylation sites is 1. The number of carbonyl (C=O) groups excluding carboxylic acids is 3. The van der Waals surface area contributed by atoms with Crippen molar-refractivity contribution in [1.29, 1.82) is 0 Å². The number of hydrogen-bond acceptors (Lipinski definition) is 3. The van der Waals surface area contributed by atoms with E-state index in [1.54, 1.807) is 29.2 Å². The van der Waals surface area contributed by atoms with Crippen molar-refractivity contribution in [3.63, 3.8) is 0 Å². The van der Waals surface area contributed by atoms with Crippen LogP contribution in [0.2, 0.25) is 0 Å². The number of anilines is 1. The molecule has 0 aromatic heterocycles. The molecule has 0 bridgehead atoms. The maximum Gasteiger partial charge on any atom is 0.262 e. The fourth-order valence-corrected chi connectivity index (χ4v) is 4.00. The van der Waals surface area contributed by atoms with E-state index in [1.807, 2.05) is 38.1 Å². The van der Waals surface area contributed by atoms with Gasteiger partial charge >= 0.3 is 0 Å². The zero-order chi connectivity index (χ0) is 19.1. The topological polar surface area (TPSA) is 57.7 Å². The Morgan fingerprint density at radius 1 is 0.963 bits per heavy atom. The molecule has 0 aliphatic carbocycles. The standard InChI is InChI=1S/C22H22N2O3/c1-14(2)13-19(22(27)23-12-11-15-7-3-6-10-18(15)23)24-20(25)16-8-4-5-9-17(16)21(24)26/h3-10,14,19H,11-13H2,1-2H3/t19-/m0/s1. The molecule has 0 saturated carbocycles. The van der Waals surface area contributed by atoms with E-state index in [4.69, 9.17) is 0 Å². The lowest BCUT2D eigenvalue weighted by atomic mass is 10.0. The van der Waals surface area contributed by atoms with Gasteiger partial charge in [-0.25, -0.2) is 0 Å². The van der Waals surface area contributed by atoms with Crippen LogP contribution in [0.3, 0.4) is 0 Å². The summed E-state index contributed by atoms with van der Waals surface area (Å²) in [5, 5.41) is 0. The molecule has 5 nitrogen and oxygen atoms in total. The summed E-state index contributed by atoms with van der Waals surface area (Å²) in [7, 11) is 0. The number of rotatable bonds is 4. The van der Waals surface area contributed by atoms with Crippen LogP contribution in [-0.4, -0.2) is 35.2 Å². The van der Waals surface area contributed by atoms with Gasteiger partial charge in [0.15, 0.2) is 0 Å². The first-order chi connectivity index (χ1) is 13.0. The zero-order valence-electron chi connectivity index (χ0n) is 15.5. The molecule has 0 radical (unpaired) electrons. The Bertz CT molecular complexity index is 900. The van der Waals surface area contributed by atoms with E-state index in [1.165, 1.54) is 4.90 Å². The first-order valence-electron chi connectivity index (χ1n) is 9.35. The minimum Gasteiger partial charge on any atom is -0.310 e. The third-order valence-corrected chi connectivity index (χ3v) is 5.27. The average molecular weight is 362 g/mol. The van der Waals surface area contributed by atoms with E-state index in [2.05, 4.69) is 0 Å². The lowest BCUT2D eigenvalue weighted by molar-refractivity contribution is -0.122. The van der Waals surface area contributed by atoms with Crippen molar-refractivity contribution < 1.29 is 14.4 Å². The summed E-state index contributed by atoms with van der Waals surface area (Å²) < 4.78 is 0. The number of imide groups is 1. The summed E-state index contributed by atoms with van der Waals surface area (Å²) in [6.07, 6.45) is 1.24. The Kier molecular flexibility index (Phi) is 4.30. The number of amides is 3. The Morgan fingerprint density at radius 3 is 2.19 bits per heavy atom. The molecule has 138 valence electrons. The number of hydrogen-bond donors (Lipinski definition) is 0. The van der Waals surface area contributed by atoms with E-state index < -0.39 is 6.04 Å². The number of carbonyl (C=O) groups is 3. The molecule has 1 atom stereocenters. The molecule has 2 aliphatic rings. The second-order valence-electron chi connectivity index (χ2n) is 7.54. The van der Waals surface area contributed by atoms with Crippen LogP contribution in [-0.2, 0) is 11.2 Å². The summed E-state index contributed by atoms with van der Waals surface area (Å²) in [6, 6.07) is 13.8. The Hall–Kier alpha value is -2.95. The average Bonchev–Trinajstić information content (AvgIpc) is 3.20. The van der Waals surface area contributed by atoms with Crippen LogP contribution in [0.15, 0.2) is 48.5 Å². The normalized spacial score (nSPS) is 16.7. The predicted molar refractivity (Wildman–Crippen MR) is 103 cm³/mol. The lowest BCUT2D eigenvalue weighted by Gasteiger charge is -2.30. The van der Waals surface area contributed by atoms with Gasteiger partial charge in [0, 0.05) is 12.2 Å². The monoisotopic (exact) mass is 362 g/mol. The molecular weight excluding hydrogens is 340 g/mol. The van der Waals surface area contributed by atoms with Crippen LogP contribution in [0.5, 0.6) is 0 Å². The minimum absolute atomic E-state index is 0.168. The summed E-state index contributed by atoms with van der Waals surface area (Å²) in [6.45, 7) is 4.57. The number of fused-ring (bicyclic) bond motifs is 2. The Balaban J connectivity index is 1.70. The molecular formula is C22H22N2O3. The number of benzene rings is 2. The summed E-state index contributed by atoms with van der Waals surface area (Å²) in [4.78, 5) is 42.2. The van der Waals surface area contributed by atoms with E-state index in [9.17, 15) is 14.4 Å². The zero-order valence-corrected chi connectivity index (χ0v) is 15.5. The largest absolute Gasteiger partial charge is 0.310 e. The van der Waals surface area contributed by atoms with Crippen LogP contribution in [0.25, 0.3) is 0 Å². The highest BCUT2D eigenvalue weighted by molar-refractivity contribution is 6.23. The first-order valence-corrected chi connectivity index (χ1v) is 9.35. The van der Waals surface area contributed by atoms with Crippen molar-refractivity contribution in [3.05, 3.63) is 65.2 Å². The molecule has 2 aromatic carbocycles. The van der Waals surface area contributed by atoms with E-state index in [0.717, 1.165) is 17.7 Å². The van der Waals surface area contributed by atoms with Gasteiger partial charge in [-0.15, -0.1) is 0 Å². The predicted octanol–water partition coefficient (Wildman–Crippen LogP) is 3.29. The second kappa shape index (κ2) is 6.65. The molecule has 2 heterocycles. The Morgan fingerprint density at radius 2 is 1.56 bits per heavy atom. The first kappa shape index (κ1) is 17.5. The minimum atomic E-state index is -0.788. The third kappa shape index (κ3) is 2.83. The highest BCUT2D eigenvalue weighted by Crippen LogP contribution is 2.32. The highest BCUT2D eigenvalue weighted by atomic mass is 16.2. The highest BCUT2D eigenvalue weighted by Gasteiger charge is 2.44. The second-order valence-corrected chi connectivity index (χ2v) is 7.54. The van der Waals surface area contributed by atoms with Crippen LogP contribution in [0.1, 0.15) is 46.5 Å². The van der Waals surface area contributed by atoms with Gasteiger partial charge in [0.25, 0.3) is 11.8 Å². The Labute approximate surface area is 158 Å². The molecule has 0 unspecified atom stereocenters. The van der Waals surface area contributed by atoms with Crippen molar-refractivity contribution in [2.24, 2.45) is 5.92 Å². The fourth-order valence-electron chi connectivity index (χ4n) is 4.00. The van der Waals surface area contributed by atoms with Crippen molar-refractivity contribution in [3.8, 4) is 0 Å². The van der Waals surface area contributed by atoms with E-state index in [0.29, 0.717) is 24.1 Å². The maximum absolute atomic E-state index is 13.5. The van der Waals surface area contributed by atoms with Gasteiger partial charge in [-0.3, -0.25) is 19.3 Å². The molecule has 2 aliphatic heterocycles. The molecule has 0 spiro atoms. The van der Waals surface area contributed by atoms with Crippen molar-refractivity contribution in [2.45, 2.75) is 32.7 Å². The SMILES string of the molecule is CC(C)C[C@@H](C(=O)N1CCc2ccccc21)N1C(=O)c2ccccc2C1=O. The summed E-state index contributed by atoms with van der Waals surface area (Å²) in [5.41, 5.74) is 2.76. The van der Waals surface area contributed by atoms with Crippen LogP contribution < -0.4 is 4.90 Å². The van der Waals surface area contributed by atoms with Crippen LogP contribution in [0.4, 0.5) is 5.69 Å². The van der Waals surface area contributed by atoms with Gasteiger partial charge in [-0.05, 0) is 42.5 Å². The fraction of sp³-hybridized carbons (Fsp3) is 0.318. The lowest BCUT2D eigenvalue weighted by Crippen LogP contribution is -2.51. The van der Waals surface area contributed by atoms with Gasteiger partial charge < -0.3 is 4.90 Å². The van der Waals surface area contributed by atoms with Crippen LogP contribution >= 0.6 is 0 Å². The molecule has 5 heteroatoms. The third-order valence-electron chi connectivity index (χ3n) is 5.27. The smallest absolute Gasteiger partial charge is 0.262 e. The molecule has 0 fully saturated rings. The molecule has 27 heavy (non-hydrogen) atoms. The van der Waals surface area contributed by atoms with Gasteiger partial charge in [0.1, 0.15) is 6.04 Å². The molecule has 4 rings (SSSR count). The van der Waals surface area contributed by atoms with Crippen molar-refractivity contribution >= 4 is 23.4 Å². The van der Waals surface area contributed by atoms with Gasteiger partial charge in [-0.2, -0.15) is 0 Å². The van der Waals surface area contributed by atoms with Crippen LogP contribution in [0, 0.1) is 5.92 Å². The van der Waals surface area contributed by atoms with Crippen molar-refractivity contribution in [2.75, 3.05) is 11.4 Å². The van der Waals surface area contributed by atoms with Gasteiger partial charge in [0.2, 0.25) is 5.91 Å². The number of nitrogens with zero attached hydrogens (tertiary/aromatic N) is 2. The molecule has 0 saturated heterocycles.